The summed E-state index contributed by atoms with van der Waals surface area (Å²) in [6.07, 6.45) is 1.84. The van der Waals surface area contributed by atoms with E-state index in [-0.39, 0.29) is 29.6 Å². The van der Waals surface area contributed by atoms with Crippen molar-refractivity contribution < 1.29 is 32.3 Å². The SMILES string of the molecule is COc1ccc(CCNC(=O)Cc2csc(NC(=O)c3ccco3)n2)cc1OC(F)F. The highest BCUT2D eigenvalue weighted by atomic mass is 32.1. The van der Waals surface area contributed by atoms with Gasteiger partial charge in [0, 0.05) is 11.9 Å². The highest BCUT2D eigenvalue weighted by Crippen LogP contribution is 2.29. The molecule has 0 atom stereocenters. The van der Waals surface area contributed by atoms with Crippen molar-refractivity contribution in [2.24, 2.45) is 0 Å². The summed E-state index contributed by atoms with van der Waals surface area (Å²) in [6, 6.07) is 7.82. The molecule has 0 saturated carbocycles. The van der Waals surface area contributed by atoms with Gasteiger partial charge in [0.2, 0.25) is 5.91 Å². The van der Waals surface area contributed by atoms with Gasteiger partial charge in [-0.15, -0.1) is 11.3 Å². The second-order valence-electron chi connectivity index (χ2n) is 6.22. The smallest absolute Gasteiger partial charge is 0.387 e. The summed E-state index contributed by atoms with van der Waals surface area (Å²) >= 11 is 1.20. The molecule has 0 aliphatic carbocycles. The Labute approximate surface area is 180 Å². The van der Waals surface area contributed by atoms with Gasteiger partial charge in [0.1, 0.15) is 0 Å². The zero-order valence-electron chi connectivity index (χ0n) is 16.4. The quantitative estimate of drug-likeness (QED) is 0.489. The summed E-state index contributed by atoms with van der Waals surface area (Å²) in [5.74, 6) is -0.383. The largest absolute Gasteiger partial charge is 0.493 e. The number of anilines is 1. The van der Waals surface area contributed by atoms with Crippen LogP contribution in [0.15, 0.2) is 46.4 Å². The highest BCUT2D eigenvalue weighted by molar-refractivity contribution is 7.14. The Balaban J connectivity index is 1.46. The van der Waals surface area contributed by atoms with E-state index in [0.717, 1.165) is 0 Å². The first-order valence-corrected chi connectivity index (χ1v) is 10.00. The topological polar surface area (TPSA) is 103 Å². The maximum absolute atomic E-state index is 12.5. The van der Waals surface area contributed by atoms with Gasteiger partial charge in [-0.25, -0.2) is 4.98 Å². The number of nitrogens with zero attached hydrogens (tertiary/aromatic N) is 1. The van der Waals surface area contributed by atoms with Gasteiger partial charge in [-0.3, -0.25) is 14.9 Å². The molecule has 2 N–H and O–H groups in total. The second-order valence-corrected chi connectivity index (χ2v) is 7.07. The molecule has 0 saturated heterocycles. The lowest BCUT2D eigenvalue weighted by molar-refractivity contribution is -0.120. The van der Waals surface area contributed by atoms with E-state index in [2.05, 4.69) is 20.4 Å². The first-order valence-electron chi connectivity index (χ1n) is 9.12. The fourth-order valence-corrected chi connectivity index (χ4v) is 3.36. The molecule has 3 aromatic rings. The Kier molecular flexibility index (Phi) is 7.55. The summed E-state index contributed by atoms with van der Waals surface area (Å²) in [6.45, 7) is -2.67. The van der Waals surface area contributed by atoms with E-state index in [1.807, 2.05) is 0 Å². The minimum Gasteiger partial charge on any atom is -0.493 e. The number of carbonyl (C=O) groups is 2. The molecule has 11 heteroatoms. The van der Waals surface area contributed by atoms with Crippen molar-refractivity contribution in [3.63, 3.8) is 0 Å². The summed E-state index contributed by atoms with van der Waals surface area (Å²) in [4.78, 5) is 28.3. The van der Waals surface area contributed by atoms with E-state index < -0.39 is 12.5 Å². The summed E-state index contributed by atoms with van der Waals surface area (Å²) in [7, 11) is 1.36. The van der Waals surface area contributed by atoms with Crippen LogP contribution in [0.5, 0.6) is 11.5 Å². The second kappa shape index (κ2) is 10.5. The van der Waals surface area contributed by atoms with E-state index >= 15 is 0 Å². The maximum atomic E-state index is 12.5. The van der Waals surface area contributed by atoms with Crippen LogP contribution in [0.4, 0.5) is 13.9 Å². The lowest BCUT2D eigenvalue weighted by Gasteiger charge is -2.11. The van der Waals surface area contributed by atoms with Crippen molar-refractivity contribution in [2.45, 2.75) is 19.5 Å². The number of ether oxygens (including phenoxy) is 2. The van der Waals surface area contributed by atoms with E-state index in [0.29, 0.717) is 29.4 Å². The van der Waals surface area contributed by atoms with Gasteiger partial charge < -0.3 is 19.2 Å². The van der Waals surface area contributed by atoms with Gasteiger partial charge in [0.05, 0.1) is 25.5 Å². The van der Waals surface area contributed by atoms with Crippen LogP contribution in [0.2, 0.25) is 0 Å². The Morgan fingerprint density at radius 2 is 2.10 bits per heavy atom. The zero-order chi connectivity index (χ0) is 22.2. The number of hydrogen-bond acceptors (Lipinski definition) is 7. The molecule has 0 aliphatic rings. The summed E-state index contributed by atoms with van der Waals surface area (Å²) in [5.41, 5.74) is 1.21. The maximum Gasteiger partial charge on any atom is 0.387 e. The predicted octanol–water partition coefficient (Wildman–Crippen LogP) is 3.50. The Hall–Kier alpha value is -3.47. The molecule has 31 heavy (non-hydrogen) atoms. The lowest BCUT2D eigenvalue weighted by atomic mass is 10.1. The molecule has 0 bridgehead atoms. The highest BCUT2D eigenvalue weighted by Gasteiger charge is 2.14. The van der Waals surface area contributed by atoms with Crippen molar-refractivity contribution in [2.75, 3.05) is 19.0 Å². The Morgan fingerprint density at radius 1 is 1.26 bits per heavy atom. The first-order chi connectivity index (χ1) is 14.9. The number of thiazole rings is 1. The molecule has 0 fully saturated rings. The van der Waals surface area contributed by atoms with Crippen LogP contribution in [-0.2, 0) is 17.6 Å². The average Bonchev–Trinajstić information content (AvgIpc) is 3.40. The van der Waals surface area contributed by atoms with Gasteiger partial charge in [-0.05, 0) is 36.2 Å². The lowest BCUT2D eigenvalue weighted by Crippen LogP contribution is -2.27. The molecular weight excluding hydrogens is 432 g/mol. The number of nitrogens with one attached hydrogen (secondary N) is 2. The fraction of sp³-hybridized carbons (Fsp3) is 0.250. The number of amides is 2. The van der Waals surface area contributed by atoms with Gasteiger partial charge in [0.15, 0.2) is 22.4 Å². The number of hydrogen-bond donors (Lipinski definition) is 2. The molecule has 2 heterocycles. The van der Waals surface area contributed by atoms with Crippen LogP contribution in [0.3, 0.4) is 0 Å². The number of methoxy groups -OCH3 is 1. The van der Waals surface area contributed by atoms with Gasteiger partial charge in [-0.2, -0.15) is 8.78 Å². The van der Waals surface area contributed by atoms with Crippen LogP contribution in [0.1, 0.15) is 21.8 Å². The van der Waals surface area contributed by atoms with Crippen LogP contribution in [0, 0.1) is 0 Å². The third-order valence-corrected chi connectivity index (χ3v) is 4.85. The molecule has 2 aromatic heterocycles. The summed E-state index contributed by atoms with van der Waals surface area (Å²) in [5, 5.41) is 7.37. The first kappa shape index (κ1) is 22.2. The van der Waals surface area contributed by atoms with E-state index in [4.69, 9.17) is 9.15 Å². The normalized spacial score (nSPS) is 10.7. The molecule has 8 nitrogen and oxygen atoms in total. The zero-order valence-corrected chi connectivity index (χ0v) is 17.2. The number of halogens is 2. The molecule has 0 spiro atoms. The number of alkyl halides is 2. The molecular formula is C20H19F2N3O5S. The number of rotatable bonds is 10. The van der Waals surface area contributed by atoms with Crippen molar-refractivity contribution in [3.8, 4) is 11.5 Å². The summed E-state index contributed by atoms with van der Waals surface area (Å²) < 4.78 is 39.5. The predicted molar refractivity (Wildman–Crippen MR) is 109 cm³/mol. The van der Waals surface area contributed by atoms with Gasteiger partial charge >= 0.3 is 6.61 Å². The molecule has 1 aromatic carbocycles. The van der Waals surface area contributed by atoms with Gasteiger partial charge in [0.25, 0.3) is 5.91 Å². The van der Waals surface area contributed by atoms with Crippen LogP contribution in [-0.4, -0.2) is 37.1 Å². The van der Waals surface area contributed by atoms with Crippen LogP contribution >= 0.6 is 11.3 Å². The van der Waals surface area contributed by atoms with Crippen molar-refractivity contribution in [1.29, 1.82) is 0 Å². The fourth-order valence-electron chi connectivity index (χ4n) is 2.65. The van der Waals surface area contributed by atoms with Gasteiger partial charge in [-0.1, -0.05) is 6.07 Å². The van der Waals surface area contributed by atoms with Crippen molar-refractivity contribution in [3.05, 3.63) is 59.0 Å². The third kappa shape index (κ3) is 6.51. The number of aromatic nitrogens is 1. The molecule has 3 rings (SSSR count). The van der Waals surface area contributed by atoms with E-state index in [1.54, 1.807) is 17.5 Å². The Bertz CT molecular complexity index is 1020. The van der Waals surface area contributed by atoms with Crippen molar-refractivity contribution in [1.82, 2.24) is 10.3 Å². The molecule has 0 aliphatic heterocycles. The number of benzene rings is 1. The minimum absolute atomic E-state index is 0.0372. The number of carbonyl (C=O) groups excluding carboxylic acids is 2. The molecule has 0 unspecified atom stereocenters. The monoisotopic (exact) mass is 451 g/mol. The average molecular weight is 451 g/mol. The molecule has 0 radical (unpaired) electrons. The molecule has 164 valence electrons. The van der Waals surface area contributed by atoms with Crippen LogP contribution < -0.4 is 20.1 Å². The van der Waals surface area contributed by atoms with E-state index in [1.165, 1.54) is 42.9 Å². The third-order valence-electron chi connectivity index (χ3n) is 4.04. The number of furan rings is 1. The molecule has 2 amide bonds. The van der Waals surface area contributed by atoms with E-state index in [9.17, 15) is 18.4 Å². The minimum atomic E-state index is -2.96. The Morgan fingerprint density at radius 3 is 2.81 bits per heavy atom. The standard InChI is InChI=1S/C20H19F2N3O5S/c1-28-14-5-4-12(9-16(14)30-19(21)22)6-7-23-17(26)10-13-11-31-20(24-13)25-18(27)15-3-2-8-29-15/h2-5,8-9,11,19H,6-7,10H2,1H3,(H,23,26)(H,24,25,27). The van der Waals surface area contributed by atoms with Crippen LogP contribution in [0.25, 0.3) is 0 Å². The van der Waals surface area contributed by atoms with Crippen molar-refractivity contribution >= 4 is 28.3 Å².